The van der Waals surface area contributed by atoms with Crippen molar-refractivity contribution in [1.82, 2.24) is 20.3 Å². The van der Waals surface area contributed by atoms with Gasteiger partial charge < -0.3 is 5.32 Å². The molecule has 1 aliphatic rings. The molecule has 2 rings (SSSR count). The minimum atomic E-state index is -0.0142. The van der Waals surface area contributed by atoms with Crippen molar-refractivity contribution in [3.05, 3.63) is 11.9 Å². The van der Waals surface area contributed by atoms with Gasteiger partial charge in [-0.1, -0.05) is 19.1 Å². The molecule has 0 spiro atoms. The van der Waals surface area contributed by atoms with E-state index in [1.165, 1.54) is 0 Å². The van der Waals surface area contributed by atoms with Gasteiger partial charge in [0.15, 0.2) is 5.78 Å². The van der Waals surface area contributed by atoms with Gasteiger partial charge in [-0.2, -0.15) is 0 Å². The quantitative estimate of drug-likeness (QED) is 0.701. The monoisotopic (exact) mass is 194 g/mol. The number of carbonyl (C=O) groups excluding carboxylic acids is 1. The lowest BCUT2D eigenvalue weighted by molar-refractivity contribution is 0.0934. The van der Waals surface area contributed by atoms with E-state index in [9.17, 15) is 4.79 Å². The number of ketones is 1. The second-order valence-electron chi connectivity index (χ2n) is 3.91. The molecule has 0 aliphatic carbocycles. The summed E-state index contributed by atoms with van der Waals surface area (Å²) < 4.78 is 1.77. The molecule has 14 heavy (non-hydrogen) atoms. The highest BCUT2D eigenvalue weighted by Crippen LogP contribution is 2.11. The SMILES string of the molecule is CC(C)C(=O)c1cn(C2CNC2)nn1. The van der Waals surface area contributed by atoms with E-state index in [2.05, 4.69) is 15.6 Å². The zero-order chi connectivity index (χ0) is 10.1. The predicted octanol–water partition coefficient (Wildman–Crippen LogP) is 0.261. The lowest BCUT2D eigenvalue weighted by atomic mass is 10.1. The van der Waals surface area contributed by atoms with E-state index >= 15 is 0 Å². The molecule has 1 aliphatic heterocycles. The smallest absolute Gasteiger partial charge is 0.187 e. The Labute approximate surface area is 82.5 Å². The van der Waals surface area contributed by atoms with E-state index in [0.29, 0.717) is 11.7 Å². The van der Waals surface area contributed by atoms with Crippen molar-refractivity contribution in [2.24, 2.45) is 5.92 Å². The van der Waals surface area contributed by atoms with Crippen molar-refractivity contribution in [2.45, 2.75) is 19.9 Å². The Bertz CT molecular complexity index is 340. The fourth-order valence-corrected chi connectivity index (χ4v) is 1.32. The van der Waals surface area contributed by atoms with Crippen LogP contribution < -0.4 is 5.32 Å². The molecule has 0 atom stereocenters. The van der Waals surface area contributed by atoms with Gasteiger partial charge in [0.1, 0.15) is 5.69 Å². The summed E-state index contributed by atoms with van der Waals surface area (Å²) in [6.45, 7) is 5.57. The highest BCUT2D eigenvalue weighted by Gasteiger charge is 2.22. The minimum Gasteiger partial charge on any atom is -0.312 e. The lowest BCUT2D eigenvalue weighted by Gasteiger charge is -2.26. The van der Waals surface area contributed by atoms with Gasteiger partial charge in [0.2, 0.25) is 0 Å². The number of hydrogen-bond donors (Lipinski definition) is 1. The Kier molecular flexibility index (Phi) is 2.33. The summed E-state index contributed by atoms with van der Waals surface area (Å²) in [5.74, 6) is 0.0446. The first-order chi connectivity index (χ1) is 6.68. The van der Waals surface area contributed by atoms with Crippen molar-refractivity contribution >= 4 is 5.78 Å². The molecule has 0 amide bonds. The van der Waals surface area contributed by atoms with E-state index in [1.54, 1.807) is 10.9 Å². The average Bonchev–Trinajstić information content (AvgIpc) is 2.48. The summed E-state index contributed by atoms with van der Waals surface area (Å²) >= 11 is 0. The summed E-state index contributed by atoms with van der Waals surface area (Å²) in [5.41, 5.74) is 0.479. The maximum atomic E-state index is 11.6. The molecule has 76 valence electrons. The Morgan fingerprint density at radius 1 is 1.64 bits per heavy atom. The Morgan fingerprint density at radius 2 is 2.36 bits per heavy atom. The number of hydrogen-bond acceptors (Lipinski definition) is 4. The fourth-order valence-electron chi connectivity index (χ4n) is 1.32. The van der Waals surface area contributed by atoms with Crippen molar-refractivity contribution in [1.29, 1.82) is 0 Å². The van der Waals surface area contributed by atoms with E-state index in [0.717, 1.165) is 13.1 Å². The van der Waals surface area contributed by atoms with Gasteiger partial charge in [-0.25, -0.2) is 4.68 Å². The van der Waals surface area contributed by atoms with Crippen molar-refractivity contribution in [3.8, 4) is 0 Å². The molecule has 0 aromatic carbocycles. The molecule has 0 saturated carbocycles. The topological polar surface area (TPSA) is 59.8 Å². The van der Waals surface area contributed by atoms with Crippen LogP contribution in [0.1, 0.15) is 30.4 Å². The second-order valence-corrected chi connectivity index (χ2v) is 3.91. The summed E-state index contributed by atoms with van der Waals surface area (Å²) in [7, 11) is 0. The molecule has 1 aromatic rings. The van der Waals surface area contributed by atoms with Crippen LogP contribution in [-0.2, 0) is 0 Å². The number of carbonyl (C=O) groups is 1. The van der Waals surface area contributed by atoms with Crippen LogP contribution in [0.4, 0.5) is 0 Å². The van der Waals surface area contributed by atoms with Crippen LogP contribution in [-0.4, -0.2) is 33.9 Å². The molecular formula is C9H14N4O. The molecule has 1 N–H and O–H groups in total. The number of aromatic nitrogens is 3. The molecule has 0 bridgehead atoms. The molecule has 0 radical (unpaired) electrons. The third-order valence-corrected chi connectivity index (χ3v) is 2.42. The van der Waals surface area contributed by atoms with Crippen molar-refractivity contribution in [3.63, 3.8) is 0 Å². The van der Waals surface area contributed by atoms with Crippen LogP contribution in [0, 0.1) is 5.92 Å². The molecule has 5 nitrogen and oxygen atoms in total. The van der Waals surface area contributed by atoms with Crippen LogP contribution >= 0.6 is 0 Å². The molecule has 1 saturated heterocycles. The van der Waals surface area contributed by atoms with Gasteiger partial charge in [0.05, 0.1) is 12.2 Å². The molecule has 1 fully saturated rings. The van der Waals surface area contributed by atoms with Gasteiger partial charge in [-0.3, -0.25) is 4.79 Å². The van der Waals surface area contributed by atoms with E-state index in [1.807, 2.05) is 13.8 Å². The van der Waals surface area contributed by atoms with Crippen LogP contribution in [0.25, 0.3) is 0 Å². The predicted molar refractivity (Wildman–Crippen MR) is 51.1 cm³/mol. The molecule has 1 aromatic heterocycles. The summed E-state index contributed by atoms with van der Waals surface area (Å²) in [6.07, 6.45) is 1.74. The van der Waals surface area contributed by atoms with E-state index in [4.69, 9.17) is 0 Å². The third kappa shape index (κ3) is 1.55. The lowest BCUT2D eigenvalue weighted by Crippen LogP contribution is -2.43. The molecule has 2 heterocycles. The first-order valence-electron chi connectivity index (χ1n) is 4.85. The number of Topliss-reactive ketones (excluding diaryl/α,β-unsaturated/α-hetero) is 1. The zero-order valence-corrected chi connectivity index (χ0v) is 8.40. The van der Waals surface area contributed by atoms with Crippen LogP contribution in [0.2, 0.25) is 0 Å². The summed E-state index contributed by atoms with van der Waals surface area (Å²) in [6, 6.07) is 0.371. The maximum absolute atomic E-state index is 11.6. The fraction of sp³-hybridized carbons (Fsp3) is 0.667. The van der Waals surface area contributed by atoms with Gasteiger partial charge in [-0.15, -0.1) is 5.10 Å². The van der Waals surface area contributed by atoms with Gasteiger partial charge in [0, 0.05) is 19.0 Å². The minimum absolute atomic E-state index is 0.0142. The van der Waals surface area contributed by atoms with E-state index in [-0.39, 0.29) is 11.7 Å². The summed E-state index contributed by atoms with van der Waals surface area (Å²) in [5, 5.41) is 11.0. The van der Waals surface area contributed by atoms with Crippen molar-refractivity contribution in [2.75, 3.05) is 13.1 Å². The second kappa shape index (κ2) is 3.49. The van der Waals surface area contributed by atoms with Gasteiger partial charge >= 0.3 is 0 Å². The highest BCUT2D eigenvalue weighted by atomic mass is 16.1. The molecule has 0 unspecified atom stereocenters. The highest BCUT2D eigenvalue weighted by molar-refractivity contribution is 5.95. The number of nitrogens with zero attached hydrogens (tertiary/aromatic N) is 3. The zero-order valence-electron chi connectivity index (χ0n) is 8.40. The number of nitrogens with one attached hydrogen (secondary N) is 1. The van der Waals surface area contributed by atoms with Crippen LogP contribution in [0.3, 0.4) is 0 Å². The normalized spacial score (nSPS) is 17.1. The first kappa shape index (κ1) is 9.33. The third-order valence-electron chi connectivity index (χ3n) is 2.42. The first-order valence-corrected chi connectivity index (χ1v) is 4.85. The standard InChI is InChI=1S/C9H14N4O/c1-6(2)9(14)8-5-13(12-11-8)7-3-10-4-7/h5-7,10H,3-4H2,1-2H3. The summed E-state index contributed by atoms with van der Waals surface area (Å²) in [4.78, 5) is 11.6. The Balaban J connectivity index is 2.12. The van der Waals surface area contributed by atoms with Gasteiger partial charge in [-0.05, 0) is 0 Å². The largest absolute Gasteiger partial charge is 0.312 e. The molecular weight excluding hydrogens is 180 g/mol. The number of rotatable bonds is 3. The van der Waals surface area contributed by atoms with Crippen LogP contribution in [0.5, 0.6) is 0 Å². The van der Waals surface area contributed by atoms with Crippen molar-refractivity contribution < 1.29 is 4.79 Å². The Morgan fingerprint density at radius 3 is 2.86 bits per heavy atom. The average molecular weight is 194 g/mol. The Hall–Kier alpha value is -1.23. The molecule has 5 heteroatoms. The van der Waals surface area contributed by atoms with E-state index < -0.39 is 0 Å². The van der Waals surface area contributed by atoms with Crippen LogP contribution in [0.15, 0.2) is 6.20 Å². The van der Waals surface area contributed by atoms with Gasteiger partial charge in [0.25, 0.3) is 0 Å². The maximum Gasteiger partial charge on any atom is 0.187 e.